The predicted molar refractivity (Wildman–Crippen MR) is 65.1 cm³/mol. The third-order valence-corrected chi connectivity index (χ3v) is 3.70. The highest BCUT2D eigenvalue weighted by molar-refractivity contribution is 5.80. The van der Waals surface area contributed by atoms with E-state index in [0.29, 0.717) is 12.3 Å². The van der Waals surface area contributed by atoms with Crippen molar-refractivity contribution in [2.45, 2.75) is 45.6 Å². The standard InChI is InChI=1S/C13H21NO4/c1-12(2,3)18-11(17)14-7-13(10(15)16)6-9(13)8-4-5-8/h8-9H,4-7H2,1-3H3,(H,14,17)(H,15,16)/t9-,13-/m1/s1. The van der Waals surface area contributed by atoms with Crippen molar-refractivity contribution >= 4 is 12.1 Å². The Bertz CT molecular complexity index is 370. The first-order chi connectivity index (χ1) is 8.24. The molecule has 0 radical (unpaired) electrons. The molecule has 0 heterocycles. The van der Waals surface area contributed by atoms with Crippen LogP contribution in [-0.2, 0) is 9.53 Å². The van der Waals surface area contributed by atoms with Gasteiger partial charge in [-0.3, -0.25) is 4.79 Å². The quantitative estimate of drug-likeness (QED) is 0.805. The van der Waals surface area contributed by atoms with Gasteiger partial charge in [-0.25, -0.2) is 4.79 Å². The Morgan fingerprint density at radius 1 is 1.39 bits per heavy atom. The van der Waals surface area contributed by atoms with Crippen molar-refractivity contribution < 1.29 is 19.4 Å². The lowest BCUT2D eigenvalue weighted by Gasteiger charge is -2.21. The fourth-order valence-corrected chi connectivity index (χ4v) is 2.52. The van der Waals surface area contributed by atoms with Gasteiger partial charge in [0, 0.05) is 6.54 Å². The van der Waals surface area contributed by atoms with Crippen molar-refractivity contribution in [1.29, 1.82) is 0 Å². The number of hydrogen-bond donors (Lipinski definition) is 2. The maximum absolute atomic E-state index is 11.5. The second kappa shape index (κ2) is 4.14. The Morgan fingerprint density at radius 3 is 2.44 bits per heavy atom. The van der Waals surface area contributed by atoms with E-state index in [-0.39, 0.29) is 12.5 Å². The Kier molecular flexibility index (Phi) is 3.03. The van der Waals surface area contributed by atoms with Gasteiger partial charge in [0.05, 0.1) is 5.41 Å². The molecule has 0 saturated heterocycles. The molecule has 2 N–H and O–H groups in total. The zero-order valence-corrected chi connectivity index (χ0v) is 11.2. The molecule has 5 heteroatoms. The van der Waals surface area contributed by atoms with Gasteiger partial charge in [0.15, 0.2) is 0 Å². The van der Waals surface area contributed by atoms with E-state index in [1.807, 2.05) is 0 Å². The number of rotatable bonds is 4. The number of carboxylic acid groups (broad SMARTS) is 1. The molecule has 18 heavy (non-hydrogen) atoms. The van der Waals surface area contributed by atoms with Crippen LogP contribution >= 0.6 is 0 Å². The van der Waals surface area contributed by atoms with Crippen LogP contribution in [0.2, 0.25) is 0 Å². The summed E-state index contributed by atoms with van der Waals surface area (Å²) in [5.74, 6) is 0.00179. The average Bonchev–Trinajstić information content (AvgIpc) is 3.06. The van der Waals surface area contributed by atoms with Gasteiger partial charge >= 0.3 is 12.1 Å². The normalized spacial score (nSPS) is 30.7. The van der Waals surface area contributed by atoms with E-state index >= 15 is 0 Å². The molecule has 2 aliphatic carbocycles. The first-order valence-electron chi connectivity index (χ1n) is 6.45. The Labute approximate surface area is 107 Å². The van der Waals surface area contributed by atoms with Crippen molar-refractivity contribution in [1.82, 2.24) is 5.32 Å². The first-order valence-corrected chi connectivity index (χ1v) is 6.45. The second-order valence-corrected chi connectivity index (χ2v) is 6.46. The number of carbonyl (C=O) groups excluding carboxylic acids is 1. The van der Waals surface area contributed by atoms with Crippen LogP contribution in [0.4, 0.5) is 4.79 Å². The summed E-state index contributed by atoms with van der Waals surface area (Å²) in [5, 5.41) is 11.9. The van der Waals surface area contributed by atoms with Crippen LogP contribution in [0.25, 0.3) is 0 Å². The van der Waals surface area contributed by atoms with Crippen LogP contribution in [0.1, 0.15) is 40.0 Å². The molecule has 0 aromatic rings. The Balaban J connectivity index is 1.84. The molecule has 0 aromatic carbocycles. The number of alkyl carbamates (subject to hydrolysis) is 1. The highest BCUT2D eigenvalue weighted by atomic mass is 16.6. The summed E-state index contributed by atoms with van der Waals surface area (Å²) in [6.07, 6.45) is 2.41. The molecule has 2 saturated carbocycles. The summed E-state index contributed by atoms with van der Waals surface area (Å²) in [4.78, 5) is 22.9. The lowest BCUT2D eigenvalue weighted by atomic mass is 10.0. The van der Waals surface area contributed by atoms with Crippen LogP contribution < -0.4 is 5.32 Å². The zero-order chi connectivity index (χ0) is 13.6. The van der Waals surface area contributed by atoms with Crippen molar-refractivity contribution in [3.63, 3.8) is 0 Å². The van der Waals surface area contributed by atoms with Gasteiger partial charge in [-0.1, -0.05) is 0 Å². The van der Waals surface area contributed by atoms with Gasteiger partial charge in [-0.2, -0.15) is 0 Å². The number of ether oxygens (including phenoxy) is 1. The maximum atomic E-state index is 11.5. The molecular weight excluding hydrogens is 234 g/mol. The van der Waals surface area contributed by atoms with Crippen LogP contribution in [0.3, 0.4) is 0 Å². The summed E-state index contributed by atoms with van der Waals surface area (Å²) in [6, 6.07) is 0. The van der Waals surface area contributed by atoms with Gasteiger partial charge < -0.3 is 15.2 Å². The predicted octanol–water partition coefficient (Wildman–Crippen LogP) is 2.01. The smallest absolute Gasteiger partial charge is 0.407 e. The van der Waals surface area contributed by atoms with Gasteiger partial charge in [-0.15, -0.1) is 0 Å². The fourth-order valence-electron chi connectivity index (χ4n) is 2.52. The zero-order valence-electron chi connectivity index (χ0n) is 11.2. The molecule has 0 aromatic heterocycles. The maximum Gasteiger partial charge on any atom is 0.407 e. The molecule has 0 bridgehead atoms. The average molecular weight is 255 g/mol. The van der Waals surface area contributed by atoms with Crippen LogP contribution in [0, 0.1) is 17.3 Å². The van der Waals surface area contributed by atoms with Crippen LogP contribution in [0.15, 0.2) is 0 Å². The van der Waals surface area contributed by atoms with Gasteiger partial charge in [-0.05, 0) is 51.9 Å². The number of carbonyl (C=O) groups is 2. The third-order valence-electron chi connectivity index (χ3n) is 3.70. The van der Waals surface area contributed by atoms with Gasteiger partial charge in [0.2, 0.25) is 0 Å². The molecular formula is C13H21NO4. The van der Waals surface area contributed by atoms with E-state index in [9.17, 15) is 14.7 Å². The number of amides is 1. The molecule has 0 aliphatic heterocycles. The molecule has 2 aliphatic rings. The van der Waals surface area contributed by atoms with Gasteiger partial charge in [0.1, 0.15) is 5.60 Å². The minimum absolute atomic E-state index is 0.179. The summed E-state index contributed by atoms with van der Waals surface area (Å²) in [5.41, 5.74) is -1.29. The minimum Gasteiger partial charge on any atom is -0.481 e. The number of hydrogen-bond acceptors (Lipinski definition) is 3. The minimum atomic E-state index is -0.796. The van der Waals surface area contributed by atoms with E-state index in [0.717, 1.165) is 12.8 Å². The topological polar surface area (TPSA) is 75.6 Å². The molecule has 1 amide bonds. The van der Waals surface area contributed by atoms with E-state index in [1.165, 1.54) is 0 Å². The Morgan fingerprint density at radius 2 is 2.00 bits per heavy atom. The van der Waals surface area contributed by atoms with Crippen molar-refractivity contribution in [2.75, 3.05) is 6.54 Å². The van der Waals surface area contributed by atoms with E-state index in [4.69, 9.17) is 4.74 Å². The van der Waals surface area contributed by atoms with Crippen LogP contribution in [0.5, 0.6) is 0 Å². The fraction of sp³-hybridized carbons (Fsp3) is 0.846. The van der Waals surface area contributed by atoms with E-state index in [1.54, 1.807) is 20.8 Å². The Hall–Kier alpha value is -1.26. The summed E-state index contributed by atoms with van der Waals surface area (Å²) in [7, 11) is 0. The first kappa shape index (κ1) is 13.2. The van der Waals surface area contributed by atoms with Crippen molar-refractivity contribution in [2.24, 2.45) is 17.3 Å². The summed E-state index contributed by atoms with van der Waals surface area (Å²) >= 11 is 0. The lowest BCUT2D eigenvalue weighted by Crippen LogP contribution is -2.39. The summed E-state index contributed by atoms with van der Waals surface area (Å²) < 4.78 is 5.11. The second-order valence-electron chi connectivity index (χ2n) is 6.46. The molecule has 2 rings (SSSR count). The summed E-state index contributed by atoms with van der Waals surface area (Å²) in [6.45, 7) is 5.52. The highest BCUT2D eigenvalue weighted by Gasteiger charge is 2.64. The van der Waals surface area contributed by atoms with Crippen LogP contribution in [-0.4, -0.2) is 29.3 Å². The largest absolute Gasteiger partial charge is 0.481 e. The number of aliphatic carboxylic acids is 1. The number of carboxylic acids is 1. The monoisotopic (exact) mass is 255 g/mol. The highest BCUT2D eigenvalue weighted by Crippen LogP contribution is 2.62. The van der Waals surface area contributed by atoms with Crippen molar-refractivity contribution in [3.8, 4) is 0 Å². The van der Waals surface area contributed by atoms with Crippen molar-refractivity contribution in [3.05, 3.63) is 0 Å². The molecule has 0 spiro atoms. The molecule has 5 nitrogen and oxygen atoms in total. The molecule has 102 valence electrons. The molecule has 2 atom stereocenters. The van der Waals surface area contributed by atoms with E-state index in [2.05, 4.69) is 5.32 Å². The SMILES string of the molecule is CC(C)(C)OC(=O)NC[C@]1(C(=O)O)C[C@@H]1C1CC1. The van der Waals surface area contributed by atoms with E-state index < -0.39 is 23.1 Å². The lowest BCUT2D eigenvalue weighted by molar-refractivity contribution is -0.143. The van der Waals surface area contributed by atoms with Gasteiger partial charge in [0.25, 0.3) is 0 Å². The molecule has 2 fully saturated rings. The third kappa shape index (κ3) is 2.76. The number of nitrogens with one attached hydrogen (secondary N) is 1. The molecule has 0 unspecified atom stereocenters.